The van der Waals surface area contributed by atoms with Crippen LogP contribution in [0, 0.1) is 18.3 Å². The summed E-state index contributed by atoms with van der Waals surface area (Å²) in [6, 6.07) is 8.07. The molecule has 0 saturated carbocycles. The average molecular weight is 240 g/mol. The van der Waals surface area contributed by atoms with Crippen molar-refractivity contribution >= 4 is 5.69 Å². The number of aryl methyl sites for hydroxylation is 2. The first-order valence-electron chi connectivity index (χ1n) is 5.80. The van der Waals surface area contributed by atoms with E-state index in [1.807, 2.05) is 54.9 Å². The van der Waals surface area contributed by atoms with E-state index in [1.54, 1.807) is 6.20 Å². The fourth-order valence-corrected chi connectivity index (χ4v) is 1.90. The SMILES string of the molecule is Cc1ccc(C#N)c(N(C)Cc2nccn2C)c1. The molecule has 0 aliphatic rings. The highest BCUT2D eigenvalue weighted by Gasteiger charge is 2.10. The Labute approximate surface area is 107 Å². The topological polar surface area (TPSA) is 44.9 Å². The molecule has 1 heterocycles. The summed E-state index contributed by atoms with van der Waals surface area (Å²) in [7, 11) is 3.95. The van der Waals surface area contributed by atoms with Crippen molar-refractivity contribution in [2.45, 2.75) is 13.5 Å². The van der Waals surface area contributed by atoms with Gasteiger partial charge in [0.25, 0.3) is 0 Å². The first kappa shape index (κ1) is 12.2. The van der Waals surface area contributed by atoms with Crippen molar-refractivity contribution in [3.63, 3.8) is 0 Å². The second-order valence-corrected chi connectivity index (χ2v) is 4.44. The van der Waals surface area contributed by atoms with Crippen LogP contribution >= 0.6 is 0 Å². The summed E-state index contributed by atoms with van der Waals surface area (Å²) in [5.41, 5.74) is 2.79. The number of nitriles is 1. The van der Waals surface area contributed by atoms with Crippen LogP contribution in [0.2, 0.25) is 0 Å². The van der Waals surface area contributed by atoms with Crippen molar-refractivity contribution in [2.75, 3.05) is 11.9 Å². The van der Waals surface area contributed by atoms with E-state index in [9.17, 15) is 0 Å². The van der Waals surface area contributed by atoms with Crippen molar-refractivity contribution in [2.24, 2.45) is 7.05 Å². The minimum Gasteiger partial charge on any atom is -0.366 e. The van der Waals surface area contributed by atoms with Gasteiger partial charge < -0.3 is 9.47 Å². The van der Waals surface area contributed by atoms with Gasteiger partial charge in [-0.05, 0) is 24.6 Å². The number of rotatable bonds is 3. The maximum atomic E-state index is 9.14. The highest BCUT2D eigenvalue weighted by atomic mass is 15.2. The van der Waals surface area contributed by atoms with Gasteiger partial charge in [0.1, 0.15) is 11.9 Å². The van der Waals surface area contributed by atoms with E-state index in [0.717, 1.165) is 17.1 Å². The molecular formula is C14H16N4. The maximum absolute atomic E-state index is 9.14. The first-order chi connectivity index (χ1) is 8.61. The van der Waals surface area contributed by atoms with Gasteiger partial charge in [0.15, 0.2) is 0 Å². The highest BCUT2D eigenvalue weighted by Crippen LogP contribution is 2.21. The molecule has 4 heteroatoms. The molecule has 0 radical (unpaired) electrons. The minimum absolute atomic E-state index is 0.682. The van der Waals surface area contributed by atoms with Crippen LogP contribution in [0.5, 0.6) is 0 Å². The molecule has 0 bridgehead atoms. The van der Waals surface area contributed by atoms with Crippen molar-refractivity contribution < 1.29 is 0 Å². The summed E-state index contributed by atoms with van der Waals surface area (Å²) in [5.74, 6) is 0.975. The number of aromatic nitrogens is 2. The zero-order chi connectivity index (χ0) is 13.1. The van der Waals surface area contributed by atoms with Gasteiger partial charge in [-0.2, -0.15) is 5.26 Å². The van der Waals surface area contributed by atoms with Crippen LogP contribution in [-0.4, -0.2) is 16.6 Å². The van der Waals surface area contributed by atoms with Gasteiger partial charge in [-0.25, -0.2) is 4.98 Å². The third kappa shape index (κ3) is 2.35. The molecule has 0 unspecified atom stereocenters. The monoisotopic (exact) mass is 240 g/mol. The van der Waals surface area contributed by atoms with E-state index in [0.29, 0.717) is 12.1 Å². The van der Waals surface area contributed by atoms with Crippen LogP contribution in [-0.2, 0) is 13.6 Å². The summed E-state index contributed by atoms with van der Waals surface area (Å²) < 4.78 is 1.98. The predicted molar refractivity (Wildman–Crippen MR) is 71.2 cm³/mol. The lowest BCUT2D eigenvalue weighted by atomic mass is 10.1. The van der Waals surface area contributed by atoms with Crippen LogP contribution in [0.1, 0.15) is 17.0 Å². The maximum Gasteiger partial charge on any atom is 0.127 e. The molecule has 2 aromatic rings. The third-order valence-electron chi connectivity index (χ3n) is 2.98. The fraction of sp³-hybridized carbons (Fsp3) is 0.286. The molecule has 2 rings (SSSR count). The Bertz CT molecular complexity index is 592. The number of nitrogens with zero attached hydrogens (tertiary/aromatic N) is 4. The molecule has 1 aromatic heterocycles. The molecule has 1 aromatic carbocycles. The zero-order valence-electron chi connectivity index (χ0n) is 10.9. The van der Waals surface area contributed by atoms with Gasteiger partial charge in [0.2, 0.25) is 0 Å². The molecule has 0 N–H and O–H groups in total. The van der Waals surface area contributed by atoms with Gasteiger partial charge >= 0.3 is 0 Å². The molecule has 4 nitrogen and oxygen atoms in total. The normalized spacial score (nSPS) is 10.1. The molecule has 0 aliphatic carbocycles. The first-order valence-corrected chi connectivity index (χ1v) is 5.80. The summed E-state index contributed by atoms with van der Waals surface area (Å²) in [6.45, 7) is 2.71. The van der Waals surface area contributed by atoms with Gasteiger partial charge in [-0.1, -0.05) is 6.07 Å². The summed E-state index contributed by atoms with van der Waals surface area (Å²) >= 11 is 0. The van der Waals surface area contributed by atoms with Gasteiger partial charge in [-0.3, -0.25) is 0 Å². The van der Waals surface area contributed by atoms with Crippen molar-refractivity contribution in [1.82, 2.24) is 9.55 Å². The predicted octanol–water partition coefficient (Wildman–Crippen LogP) is 2.24. The van der Waals surface area contributed by atoms with Crippen molar-refractivity contribution in [3.8, 4) is 6.07 Å². The van der Waals surface area contributed by atoms with Gasteiger partial charge in [-0.15, -0.1) is 0 Å². The van der Waals surface area contributed by atoms with Crippen LogP contribution in [0.15, 0.2) is 30.6 Å². The lowest BCUT2D eigenvalue weighted by Gasteiger charge is -2.20. The van der Waals surface area contributed by atoms with Crippen LogP contribution < -0.4 is 4.90 Å². The van der Waals surface area contributed by atoms with E-state index in [4.69, 9.17) is 5.26 Å². The molecule has 0 spiro atoms. The van der Waals surface area contributed by atoms with E-state index in [2.05, 4.69) is 11.1 Å². The molecule has 0 saturated heterocycles. The van der Waals surface area contributed by atoms with E-state index >= 15 is 0 Å². The largest absolute Gasteiger partial charge is 0.366 e. The van der Waals surface area contributed by atoms with Crippen LogP contribution in [0.4, 0.5) is 5.69 Å². The number of benzene rings is 1. The molecule has 0 aliphatic heterocycles. The van der Waals surface area contributed by atoms with Gasteiger partial charge in [0.05, 0.1) is 17.8 Å². The van der Waals surface area contributed by atoms with Crippen LogP contribution in [0.3, 0.4) is 0 Å². The second kappa shape index (κ2) is 4.92. The smallest absolute Gasteiger partial charge is 0.127 e. The number of imidazole rings is 1. The highest BCUT2D eigenvalue weighted by molar-refractivity contribution is 5.60. The van der Waals surface area contributed by atoms with Crippen LogP contribution in [0.25, 0.3) is 0 Å². The summed E-state index contributed by atoms with van der Waals surface area (Å²) in [5, 5.41) is 9.14. The number of hydrogen-bond acceptors (Lipinski definition) is 3. The van der Waals surface area contributed by atoms with Gasteiger partial charge in [0, 0.05) is 26.5 Å². The average Bonchev–Trinajstić information content (AvgIpc) is 2.75. The number of hydrogen-bond donors (Lipinski definition) is 0. The Kier molecular flexibility index (Phi) is 3.33. The lowest BCUT2D eigenvalue weighted by Crippen LogP contribution is -2.20. The van der Waals surface area contributed by atoms with E-state index in [-0.39, 0.29) is 0 Å². The standard InChI is InChI=1S/C14H16N4/c1-11-4-5-12(9-15)13(8-11)18(3)10-14-16-6-7-17(14)2/h4-8H,10H2,1-3H3. The van der Waals surface area contributed by atoms with E-state index < -0.39 is 0 Å². The molecular weight excluding hydrogens is 224 g/mol. The quantitative estimate of drug-likeness (QED) is 0.826. The Morgan fingerprint density at radius 2 is 2.22 bits per heavy atom. The molecule has 0 atom stereocenters. The molecule has 0 amide bonds. The summed E-state index contributed by atoms with van der Waals surface area (Å²) in [4.78, 5) is 6.35. The second-order valence-electron chi connectivity index (χ2n) is 4.44. The lowest BCUT2D eigenvalue weighted by molar-refractivity contribution is 0.761. The zero-order valence-corrected chi connectivity index (χ0v) is 10.9. The fourth-order valence-electron chi connectivity index (χ4n) is 1.90. The Morgan fingerprint density at radius 1 is 1.44 bits per heavy atom. The molecule has 92 valence electrons. The minimum atomic E-state index is 0.682. The van der Waals surface area contributed by atoms with Crippen molar-refractivity contribution in [1.29, 1.82) is 5.26 Å². The Morgan fingerprint density at radius 3 is 2.83 bits per heavy atom. The Balaban J connectivity index is 2.29. The summed E-state index contributed by atoms with van der Waals surface area (Å²) in [6.07, 6.45) is 3.70. The molecule has 0 fully saturated rings. The Hall–Kier alpha value is -2.28. The van der Waals surface area contributed by atoms with E-state index in [1.165, 1.54) is 0 Å². The third-order valence-corrected chi connectivity index (χ3v) is 2.98. The number of anilines is 1. The van der Waals surface area contributed by atoms with Crippen molar-refractivity contribution in [3.05, 3.63) is 47.5 Å². The molecule has 18 heavy (non-hydrogen) atoms.